The lowest BCUT2D eigenvalue weighted by Gasteiger charge is -2.23. The SMILES string of the molecule is CCOC(=O)CN(Cc1c(C)cccc1C)C1CC1. The molecule has 19 heavy (non-hydrogen) atoms. The number of rotatable bonds is 6. The van der Waals surface area contributed by atoms with E-state index in [-0.39, 0.29) is 5.97 Å². The van der Waals surface area contributed by atoms with Gasteiger partial charge in [0.1, 0.15) is 0 Å². The molecule has 0 heterocycles. The van der Waals surface area contributed by atoms with Gasteiger partial charge in [-0.05, 0) is 50.3 Å². The smallest absolute Gasteiger partial charge is 0.320 e. The van der Waals surface area contributed by atoms with Crippen LogP contribution in [0, 0.1) is 13.8 Å². The van der Waals surface area contributed by atoms with Gasteiger partial charge in [0.2, 0.25) is 0 Å². The molecule has 1 aliphatic rings. The number of hydrogen-bond acceptors (Lipinski definition) is 3. The maximum absolute atomic E-state index is 11.7. The summed E-state index contributed by atoms with van der Waals surface area (Å²) in [5, 5.41) is 0. The fourth-order valence-electron chi connectivity index (χ4n) is 2.43. The third-order valence-corrected chi connectivity index (χ3v) is 3.71. The zero-order valence-corrected chi connectivity index (χ0v) is 12.1. The second-order valence-electron chi connectivity index (χ2n) is 5.31. The zero-order valence-electron chi connectivity index (χ0n) is 12.1. The molecule has 0 bridgehead atoms. The van der Waals surface area contributed by atoms with Gasteiger partial charge in [-0.3, -0.25) is 9.69 Å². The predicted octanol–water partition coefficient (Wildman–Crippen LogP) is 2.83. The van der Waals surface area contributed by atoms with Crippen molar-refractivity contribution in [2.75, 3.05) is 13.2 Å². The van der Waals surface area contributed by atoms with Crippen LogP contribution in [-0.2, 0) is 16.1 Å². The molecule has 104 valence electrons. The molecule has 0 aliphatic heterocycles. The summed E-state index contributed by atoms with van der Waals surface area (Å²) in [4.78, 5) is 13.9. The topological polar surface area (TPSA) is 29.5 Å². The van der Waals surface area contributed by atoms with Gasteiger partial charge in [0, 0.05) is 12.6 Å². The van der Waals surface area contributed by atoms with Crippen molar-refractivity contribution in [2.24, 2.45) is 0 Å². The Morgan fingerprint density at radius 2 is 1.95 bits per heavy atom. The van der Waals surface area contributed by atoms with Crippen molar-refractivity contribution in [2.45, 2.75) is 46.2 Å². The maximum atomic E-state index is 11.7. The van der Waals surface area contributed by atoms with Gasteiger partial charge in [0.15, 0.2) is 0 Å². The summed E-state index contributed by atoms with van der Waals surface area (Å²) in [5.74, 6) is -0.111. The van der Waals surface area contributed by atoms with Crippen molar-refractivity contribution in [3.63, 3.8) is 0 Å². The normalized spacial score (nSPS) is 14.7. The minimum atomic E-state index is -0.111. The number of carbonyl (C=O) groups excluding carboxylic acids is 1. The van der Waals surface area contributed by atoms with E-state index in [9.17, 15) is 4.79 Å². The van der Waals surface area contributed by atoms with E-state index < -0.39 is 0 Å². The van der Waals surface area contributed by atoms with Gasteiger partial charge < -0.3 is 4.74 Å². The van der Waals surface area contributed by atoms with Crippen LogP contribution in [0.2, 0.25) is 0 Å². The average molecular weight is 261 g/mol. The number of aryl methyl sites for hydroxylation is 2. The minimum absolute atomic E-state index is 0.111. The quantitative estimate of drug-likeness (QED) is 0.737. The molecule has 0 aromatic heterocycles. The van der Waals surface area contributed by atoms with Crippen LogP contribution in [0.4, 0.5) is 0 Å². The predicted molar refractivity (Wildman–Crippen MR) is 76.0 cm³/mol. The van der Waals surface area contributed by atoms with Crippen molar-refractivity contribution in [3.05, 3.63) is 34.9 Å². The minimum Gasteiger partial charge on any atom is -0.465 e. The van der Waals surface area contributed by atoms with Crippen LogP contribution in [-0.4, -0.2) is 30.1 Å². The van der Waals surface area contributed by atoms with E-state index in [1.807, 2.05) is 6.92 Å². The monoisotopic (exact) mass is 261 g/mol. The van der Waals surface area contributed by atoms with Crippen LogP contribution < -0.4 is 0 Å². The highest BCUT2D eigenvalue weighted by Gasteiger charge is 2.31. The first-order valence-electron chi connectivity index (χ1n) is 7.06. The fourth-order valence-corrected chi connectivity index (χ4v) is 2.43. The number of hydrogen-bond donors (Lipinski definition) is 0. The van der Waals surface area contributed by atoms with E-state index in [0.29, 0.717) is 19.2 Å². The number of benzene rings is 1. The molecular weight excluding hydrogens is 238 g/mol. The molecule has 0 atom stereocenters. The Balaban J connectivity index is 2.06. The molecule has 0 N–H and O–H groups in total. The van der Waals surface area contributed by atoms with Crippen molar-refractivity contribution in [3.8, 4) is 0 Å². The molecule has 1 aromatic rings. The molecular formula is C16H23NO2. The molecule has 2 rings (SSSR count). The summed E-state index contributed by atoms with van der Waals surface area (Å²) in [6, 6.07) is 6.92. The second-order valence-corrected chi connectivity index (χ2v) is 5.31. The molecule has 1 aromatic carbocycles. The lowest BCUT2D eigenvalue weighted by atomic mass is 10.0. The Bertz CT molecular complexity index is 432. The van der Waals surface area contributed by atoms with Crippen LogP contribution >= 0.6 is 0 Å². The lowest BCUT2D eigenvalue weighted by Crippen LogP contribution is -2.33. The summed E-state index contributed by atoms with van der Waals surface area (Å²) in [7, 11) is 0. The molecule has 3 heteroatoms. The summed E-state index contributed by atoms with van der Waals surface area (Å²) in [6.45, 7) is 7.84. The van der Waals surface area contributed by atoms with Gasteiger partial charge in [-0.2, -0.15) is 0 Å². The first kappa shape index (κ1) is 14.1. The summed E-state index contributed by atoms with van der Waals surface area (Å²) < 4.78 is 5.07. The highest BCUT2D eigenvalue weighted by atomic mass is 16.5. The van der Waals surface area contributed by atoms with Crippen LogP contribution in [0.15, 0.2) is 18.2 Å². The van der Waals surface area contributed by atoms with E-state index in [1.54, 1.807) is 0 Å². The third kappa shape index (κ3) is 3.80. The summed E-state index contributed by atoms with van der Waals surface area (Å²) in [5.41, 5.74) is 3.95. The molecule has 1 fully saturated rings. The van der Waals surface area contributed by atoms with Gasteiger partial charge in [-0.1, -0.05) is 18.2 Å². The molecule has 0 amide bonds. The Labute approximate surface area is 115 Å². The highest BCUT2D eigenvalue weighted by molar-refractivity contribution is 5.71. The third-order valence-electron chi connectivity index (χ3n) is 3.71. The number of ether oxygens (including phenoxy) is 1. The van der Waals surface area contributed by atoms with Crippen LogP contribution in [0.1, 0.15) is 36.5 Å². The summed E-state index contributed by atoms with van der Waals surface area (Å²) in [6.07, 6.45) is 2.40. The van der Waals surface area contributed by atoms with Gasteiger partial charge in [0.25, 0.3) is 0 Å². The standard InChI is InChI=1S/C16H23NO2/c1-4-19-16(18)11-17(14-8-9-14)10-15-12(2)6-5-7-13(15)3/h5-7,14H,4,8-11H2,1-3H3. The van der Waals surface area contributed by atoms with Crippen molar-refractivity contribution >= 4 is 5.97 Å². The molecule has 0 saturated heterocycles. The van der Waals surface area contributed by atoms with Gasteiger partial charge in [-0.25, -0.2) is 0 Å². The average Bonchev–Trinajstić information content (AvgIpc) is 3.17. The maximum Gasteiger partial charge on any atom is 0.320 e. The highest BCUT2D eigenvalue weighted by Crippen LogP contribution is 2.29. The van der Waals surface area contributed by atoms with Crippen molar-refractivity contribution in [1.29, 1.82) is 0 Å². The van der Waals surface area contributed by atoms with Gasteiger partial charge in [-0.15, -0.1) is 0 Å². The molecule has 0 radical (unpaired) electrons. The number of nitrogens with zero attached hydrogens (tertiary/aromatic N) is 1. The Hall–Kier alpha value is -1.35. The Morgan fingerprint density at radius 1 is 1.32 bits per heavy atom. The number of carbonyl (C=O) groups is 1. The van der Waals surface area contributed by atoms with Gasteiger partial charge >= 0.3 is 5.97 Å². The van der Waals surface area contributed by atoms with E-state index in [4.69, 9.17) is 4.74 Å². The first-order valence-corrected chi connectivity index (χ1v) is 7.06. The van der Waals surface area contributed by atoms with Crippen molar-refractivity contribution in [1.82, 2.24) is 4.90 Å². The first-order chi connectivity index (χ1) is 9.11. The van der Waals surface area contributed by atoms with Crippen LogP contribution in [0.25, 0.3) is 0 Å². The largest absolute Gasteiger partial charge is 0.465 e. The Morgan fingerprint density at radius 3 is 2.47 bits per heavy atom. The van der Waals surface area contributed by atoms with Gasteiger partial charge in [0.05, 0.1) is 13.2 Å². The van der Waals surface area contributed by atoms with Crippen LogP contribution in [0.5, 0.6) is 0 Å². The molecule has 1 aliphatic carbocycles. The van der Waals surface area contributed by atoms with E-state index in [1.165, 1.54) is 29.5 Å². The number of esters is 1. The zero-order chi connectivity index (χ0) is 13.8. The Kier molecular flexibility index (Phi) is 4.59. The van der Waals surface area contributed by atoms with E-state index >= 15 is 0 Å². The second kappa shape index (κ2) is 6.20. The van der Waals surface area contributed by atoms with E-state index in [0.717, 1.165) is 6.54 Å². The molecule has 0 unspecified atom stereocenters. The fraction of sp³-hybridized carbons (Fsp3) is 0.562. The molecule has 3 nitrogen and oxygen atoms in total. The molecule has 0 spiro atoms. The lowest BCUT2D eigenvalue weighted by molar-refractivity contribution is -0.144. The van der Waals surface area contributed by atoms with Crippen molar-refractivity contribution < 1.29 is 9.53 Å². The van der Waals surface area contributed by atoms with E-state index in [2.05, 4.69) is 36.9 Å². The van der Waals surface area contributed by atoms with Crippen LogP contribution in [0.3, 0.4) is 0 Å². The molecule has 1 saturated carbocycles. The summed E-state index contributed by atoms with van der Waals surface area (Å²) >= 11 is 0.